The Morgan fingerprint density at radius 3 is 2.35 bits per heavy atom. The summed E-state index contributed by atoms with van der Waals surface area (Å²) in [5.41, 5.74) is 1.19. The van der Waals surface area contributed by atoms with Crippen molar-refractivity contribution in [3.05, 3.63) is 60.2 Å². The fourth-order valence-electron chi connectivity index (χ4n) is 5.18. The molecule has 4 atom stereocenters. The maximum atomic E-state index is 13.9. The Morgan fingerprint density at radius 1 is 1.07 bits per heavy atom. The molecule has 46 heavy (non-hydrogen) atoms. The van der Waals surface area contributed by atoms with Gasteiger partial charge in [-0.2, -0.15) is 0 Å². The third-order valence-corrected chi connectivity index (χ3v) is 8.97. The number of hydrogen-bond donors (Lipinski definition) is 4. The van der Waals surface area contributed by atoms with Crippen LogP contribution < -0.4 is 25.6 Å². The highest BCUT2D eigenvalue weighted by molar-refractivity contribution is 8.00. The lowest BCUT2D eigenvalue weighted by Crippen LogP contribution is -2.61. The van der Waals surface area contributed by atoms with Gasteiger partial charge in [0.2, 0.25) is 11.8 Å². The van der Waals surface area contributed by atoms with E-state index in [2.05, 4.69) is 16.0 Å². The van der Waals surface area contributed by atoms with Gasteiger partial charge in [-0.25, -0.2) is 0 Å². The summed E-state index contributed by atoms with van der Waals surface area (Å²) in [6.45, 7) is 10.8. The Bertz CT molecular complexity index is 1360. The van der Waals surface area contributed by atoms with Gasteiger partial charge in [0.25, 0.3) is 11.8 Å². The number of aliphatic hydroxyl groups excluding tert-OH is 1. The van der Waals surface area contributed by atoms with E-state index in [0.29, 0.717) is 5.75 Å². The van der Waals surface area contributed by atoms with Crippen molar-refractivity contribution in [3.63, 3.8) is 0 Å². The zero-order valence-corrected chi connectivity index (χ0v) is 28.9. The van der Waals surface area contributed by atoms with E-state index in [1.165, 1.54) is 16.7 Å². The largest absolute Gasteiger partial charge is 0.484 e. The van der Waals surface area contributed by atoms with Crippen LogP contribution in [-0.4, -0.2) is 94.7 Å². The lowest BCUT2D eigenvalue weighted by Gasteiger charge is -2.35. The molecular formula is C34H49N5O6S. The van der Waals surface area contributed by atoms with Crippen LogP contribution in [0.5, 0.6) is 5.75 Å². The van der Waals surface area contributed by atoms with Crippen molar-refractivity contribution in [2.75, 3.05) is 31.5 Å². The van der Waals surface area contributed by atoms with Gasteiger partial charge in [0.05, 0.1) is 11.9 Å². The number of nitrogens with zero attached hydrogens (tertiary/aromatic N) is 2. The van der Waals surface area contributed by atoms with Gasteiger partial charge in [-0.3, -0.25) is 19.2 Å². The highest BCUT2D eigenvalue weighted by Gasteiger charge is 2.50. The molecule has 12 heteroatoms. The van der Waals surface area contributed by atoms with Gasteiger partial charge in [-0.05, 0) is 65.2 Å². The molecule has 4 N–H and O–H groups in total. The number of benzene rings is 2. The van der Waals surface area contributed by atoms with Crippen LogP contribution >= 0.6 is 11.8 Å². The monoisotopic (exact) mass is 655 g/mol. The topological polar surface area (TPSA) is 140 Å². The van der Waals surface area contributed by atoms with E-state index in [9.17, 15) is 24.3 Å². The highest BCUT2D eigenvalue weighted by atomic mass is 32.2. The van der Waals surface area contributed by atoms with E-state index in [4.69, 9.17) is 4.74 Å². The van der Waals surface area contributed by atoms with Crippen molar-refractivity contribution in [1.29, 1.82) is 0 Å². The van der Waals surface area contributed by atoms with E-state index in [-0.39, 0.29) is 31.2 Å². The number of aliphatic hydroxyl groups is 1. The second-order valence-electron chi connectivity index (χ2n) is 13.3. The van der Waals surface area contributed by atoms with Crippen molar-refractivity contribution < 1.29 is 29.0 Å². The molecule has 0 bridgehead atoms. The Balaban J connectivity index is 1.75. The standard InChI is InChI=1S/C34H49N5O6S/c1-9-25(35-27(40)20-45-24-17-13-16-23(19-24)38(7)8)30(42)36-26(18-22-14-11-10-12-15-22)28(41)32(44)39-21-46-34(5,6)29(39)31(43)37-33(2,3)4/h10-17,19,25-26,28-29,41H,9,18,20-21H2,1-8H3,(H,35,40)(H,36,42)(H,37,43)/t25-,26-,28-,29+/m0/s1. The van der Waals surface area contributed by atoms with Gasteiger partial charge >= 0.3 is 0 Å². The molecule has 1 heterocycles. The van der Waals surface area contributed by atoms with Gasteiger partial charge in [0.1, 0.15) is 17.8 Å². The van der Waals surface area contributed by atoms with Crippen LogP contribution in [0.25, 0.3) is 0 Å². The Kier molecular flexibility index (Phi) is 12.5. The smallest absolute Gasteiger partial charge is 0.258 e. The van der Waals surface area contributed by atoms with Crippen LogP contribution in [0.1, 0.15) is 53.5 Å². The summed E-state index contributed by atoms with van der Waals surface area (Å²) in [6.07, 6.45) is -1.23. The molecule has 1 aliphatic rings. The average Bonchev–Trinajstić information content (AvgIpc) is 3.32. The number of ether oxygens (including phenoxy) is 1. The molecule has 4 amide bonds. The summed E-state index contributed by atoms with van der Waals surface area (Å²) < 4.78 is 5.05. The lowest BCUT2D eigenvalue weighted by molar-refractivity contribution is -0.148. The predicted octanol–water partition coefficient (Wildman–Crippen LogP) is 2.71. The average molecular weight is 656 g/mol. The van der Waals surface area contributed by atoms with Gasteiger partial charge in [-0.15, -0.1) is 11.8 Å². The van der Waals surface area contributed by atoms with Crippen LogP contribution in [0.2, 0.25) is 0 Å². The van der Waals surface area contributed by atoms with Gasteiger partial charge < -0.3 is 35.6 Å². The van der Waals surface area contributed by atoms with E-state index >= 15 is 0 Å². The molecule has 3 rings (SSSR count). The quantitative estimate of drug-likeness (QED) is 0.258. The molecule has 1 aliphatic heterocycles. The number of carbonyl (C=O) groups excluding carboxylic acids is 4. The molecule has 0 unspecified atom stereocenters. The zero-order chi connectivity index (χ0) is 34.2. The van der Waals surface area contributed by atoms with Crippen molar-refractivity contribution >= 4 is 41.1 Å². The molecule has 1 fully saturated rings. The van der Waals surface area contributed by atoms with E-state index in [1.807, 2.05) is 96.1 Å². The van der Waals surface area contributed by atoms with Crippen molar-refractivity contribution in [3.8, 4) is 5.75 Å². The number of rotatable bonds is 13. The Hall–Kier alpha value is -3.77. The van der Waals surface area contributed by atoms with Crippen LogP contribution in [0.4, 0.5) is 5.69 Å². The molecule has 1 saturated heterocycles. The summed E-state index contributed by atoms with van der Waals surface area (Å²) in [6, 6.07) is 13.7. The summed E-state index contributed by atoms with van der Waals surface area (Å²) in [5.74, 6) is -1.27. The first-order valence-electron chi connectivity index (χ1n) is 15.5. The van der Waals surface area contributed by atoms with Crippen LogP contribution in [0.15, 0.2) is 54.6 Å². The lowest BCUT2D eigenvalue weighted by atomic mass is 9.96. The number of thioether (sulfide) groups is 1. The molecule has 252 valence electrons. The maximum Gasteiger partial charge on any atom is 0.258 e. The minimum Gasteiger partial charge on any atom is -0.484 e. The second-order valence-corrected chi connectivity index (χ2v) is 14.9. The molecule has 2 aromatic rings. The van der Waals surface area contributed by atoms with Crippen LogP contribution in [-0.2, 0) is 25.6 Å². The summed E-state index contributed by atoms with van der Waals surface area (Å²) in [7, 11) is 3.80. The molecule has 2 aromatic carbocycles. The Morgan fingerprint density at radius 2 is 1.74 bits per heavy atom. The third-order valence-electron chi connectivity index (χ3n) is 7.60. The fourth-order valence-corrected chi connectivity index (χ4v) is 6.32. The molecule has 0 aromatic heterocycles. The number of amides is 4. The van der Waals surface area contributed by atoms with Crippen LogP contribution in [0.3, 0.4) is 0 Å². The third kappa shape index (κ3) is 10.1. The first-order chi connectivity index (χ1) is 21.5. The van der Waals surface area contributed by atoms with E-state index in [0.717, 1.165) is 11.3 Å². The van der Waals surface area contributed by atoms with E-state index < -0.39 is 52.2 Å². The molecule has 0 aliphatic carbocycles. The number of anilines is 1. The van der Waals surface area contributed by atoms with Crippen LogP contribution in [0, 0.1) is 0 Å². The molecular weight excluding hydrogens is 606 g/mol. The zero-order valence-electron chi connectivity index (χ0n) is 28.1. The SMILES string of the molecule is CC[C@H](NC(=O)COc1cccc(N(C)C)c1)C(=O)N[C@@H](Cc1ccccc1)[C@H](O)C(=O)N1CSC(C)(C)[C@H]1C(=O)NC(C)(C)C. The highest BCUT2D eigenvalue weighted by Crippen LogP contribution is 2.40. The second kappa shape index (κ2) is 15.7. The molecule has 11 nitrogen and oxygen atoms in total. The van der Waals surface area contributed by atoms with Gasteiger partial charge in [0, 0.05) is 36.1 Å². The summed E-state index contributed by atoms with van der Waals surface area (Å²) in [5, 5.41) is 20.0. The molecule has 0 radical (unpaired) electrons. The number of carbonyl (C=O) groups is 4. The number of nitrogens with one attached hydrogen (secondary N) is 3. The van der Waals surface area contributed by atoms with E-state index in [1.54, 1.807) is 19.1 Å². The normalized spacial score (nSPS) is 17.8. The van der Waals surface area contributed by atoms with Crippen molar-refractivity contribution in [2.45, 2.75) is 88.9 Å². The molecule has 0 saturated carbocycles. The first kappa shape index (κ1) is 36.7. The van der Waals surface area contributed by atoms with Crippen molar-refractivity contribution in [2.24, 2.45) is 0 Å². The van der Waals surface area contributed by atoms with Crippen molar-refractivity contribution in [1.82, 2.24) is 20.9 Å². The minimum atomic E-state index is -1.65. The number of hydrogen-bond acceptors (Lipinski definition) is 8. The van der Waals surface area contributed by atoms with Gasteiger partial charge in [-0.1, -0.05) is 43.3 Å². The van der Waals surface area contributed by atoms with Gasteiger partial charge in [0.15, 0.2) is 12.7 Å². The maximum absolute atomic E-state index is 13.9. The first-order valence-corrected chi connectivity index (χ1v) is 16.5. The predicted molar refractivity (Wildman–Crippen MR) is 182 cm³/mol. The minimum absolute atomic E-state index is 0.151. The molecule has 0 spiro atoms. The Labute approximate surface area is 276 Å². The fraction of sp³-hybridized carbons (Fsp3) is 0.529. The summed E-state index contributed by atoms with van der Waals surface area (Å²) in [4.78, 5) is 56.8. The summed E-state index contributed by atoms with van der Waals surface area (Å²) >= 11 is 1.45.